The first-order valence-corrected chi connectivity index (χ1v) is 8.48. The molecule has 23 heavy (non-hydrogen) atoms. The van der Waals surface area contributed by atoms with Crippen molar-refractivity contribution in [2.45, 2.75) is 25.4 Å². The number of fused-ring (bicyclic) bond motifs is 3. The summed E-state index contributed by atoms with van der Waals surface area (Å²) in [6.07, 6.45) is 2.58. The van der Waals surface area contributed by atoms with E-state index in [0.717, 1.165) is 28.5 Å². The summed E-state index contributed by atoms with van der Waals surface area (Å²) < 4.78 is 29.5. The summed E-state index contributed by atoms with van der Waals surface area (Å²) in [5.74, 6) is -1.03. The molecule has 0 saturated heterocycles. The Bertz CT molecular complexity index is 883. The Morgan fingerprint density at radius 2 is 1.96 bits per heavy atom. The summed E-state index contributed by atoms with van der Waals surface area (Å²) in [7, 11) is 0. The molecule has 3 aromatic rings. The highest BCUT2D eigenvalue weighted by Crippen LogP contribution is 2.36. The third-order valence-electron chi connectivity index (χ3n) is 4.38. The number of hydrogen-bond donors (Lipinski definition) is 2. The Morgan fingerprint density at radius 1 is 1.22 bits per heavy atom. The molecule has 0 spiro atoms. The van der Waals surface area contributed by atoms with Crippen LogP contribution in [0.2, 0.25) is 0 Å². The second-order valence-corrected chi connectivity index (χ2v) is 7.20. The van der Waals surface area contributed by atoms with Gasteiger partial charge in [-0.15, -0.1) is 0 Å². The molecule has 1 aliphatic rings. The molecule has 3 nitrogen and oxygen atoms in total. The summed E-state index contributed by atoms with van der Waals surface area (Å²) in [6, 6.07) is 6.20. The Hall–Kier alpha value is -1.54. The van der Waals surface area contributed by atoms with Crippen LogP contribution in [-0.4, -0.2) is 16.2 Å². The van der Waals surface area contributed by atoms with Gasteiger partial charge >= 0.3 is 0 Å². The van der Waals surface area contributed by atoms with Gasteiger partial charge in [0.1, 0.15) is 11.6 Å². The van der Waals surface area contributed by atoms with Crippen molar-refractivity contribution in [1.82, 2.24) is 15.5 Å². The Balaban J connectivity index is 1.95. The highest BCUT2D eigenvalue weighted by molar-refractivity contribution is 14.1. The van der Waals surface area contributed by atoms with Crippen molar-refractivity contribution in [1.29, 1.82) is 0 Å². The lowest BCUT2D eigenvalue weighted by atomic mass is 9.85. The molecule has 0 amide bonds. The zero-order chi connectivity index (χ0) is 16.1. The number of H-pyrrole nitrogens is 1. The van der Waals surface area contributed by atoms with Gasteiger partial charge in [-0.3, -0.25) is 5.10 Å². The average molecular weight is 425 g/mol. The lowest BCUT2D eigenvalue weighted by molar-refractivity contribution is 0.434. The fraction of sp³-hybridized carbons (Fsp3) is 0.235. The number of benzene rings is 2. The molecular weight excluding hydrogens is 411 g/mol. The van der Waals surface area contributed by atoms with Crippen LogP contribution in [0.5, 0.6) is 0 Å². The van der Waals surface area contributed by atoms with Crippen molar-refractivity contribution < 1.29 is 8.78 Å². The van der Waals surface area contributed by atoms with Crippen molar-refractivity contribution in [3.63, 3.8) is 0 Å². The molecule has 118 valence electrons. The van der Waals surface area contributed by atoms with Gasteiger partial charge in [-0.25, -0.2) is 8.78 Å². The van der Waals surface area contributed by atoms with E-state index in [1.54, 1.807) is 6.20 Å². The zero-order valence-electron chi connectivity index (χ0n) is 12.3. The normalized spacial score (nSPS) is 20.7. The number of rotatable bonds is 1. The first-order valence-electron chi connectivity index (χ1n) is 7.40. The van der Waals surface area contributed by atoms with Crippen LogP contribution in [0, 0.1) is 15.2 Å². The van der Waals surface area contributed by atoms with Crippen LogP contribution < -0.4 is 5.32 Å². The zero-order valence-corrected chi connectivity index (χ0v) is 14.5. The monoisotopic (exact) mass is 425 g/mol. The second-order valence-electron chi connectivity index (χ2n) is 5.95. The van der Waals surface area contributed by atoms with E-state index in [4.69, 9.17) is 0 Å². The van der Waals surface area contributed by atoms with Crippen LogP contribution in [0.3, 0.4) is 0 Å². The van der Waals surface area contributed by atoms with Crippen molar-refractivity contribution >= 4 is 33.5 Å². The van der Waals surface area contributed by atoms with Crippen LogP contribution >= 0.6 is 22.6 Å². The maximum absolute atomic E-state index is 14.5. The lowest BCUT2D eigenvalue weighted by Gasteiger charge is -2.32. The third-order valence-corrected chi connectivity index (χ3v) is 5.00. The quantitative estimate of drug-likeness (QED) is 0.578. The fourth-order valence-corrected chi connectivity index (χ4v) is 3.95. The first-order chi connectivity index (χ1) is 11.0. The van der Waals surface area contributed by atoms with E-state index in [0.29, 0.717) is 3.57 Å². The van der Waals surface area contributed by atoms with Crippen LogP contribution in [0.25, 0.3) is 10.9 Å². The maximum atomic E-state index is 14.5. The minimum absolute atomic E-state index is 0.0843. The predicted molar refractivity (Wildman–Crippen MR) is 93.3 cm³/mol. The summed E-state index contributed by atoms with van der Waals surface area (Å²) in [6.45, 7) is 2.03. The highest BCUT2D eigenvalue weighted by Gasteiger charge is 2.30. The smallest absolute Gasteiger partial charge is 0.132 e. The molecule has 1 aliphatic heterocycles. The number of nitrogens with zero attached hydrogens (tertiary/aromatic N) is 1. The van der Waals surface area contributed by atoms with Crippen molar-refractivity contribution in [2.75, 3.05) is 0 Å². The van der Waals surface area contributed by atoms with E-state index in [2.05, 4.69) is 15.5 Å². The molecule has 2 N–H and O–H groups in total. The molecular formula is C17H14F2IN3. The summed E-state index contributed by atoms with van der Waals surface area (Å²) in [5, 5.41) is 11.4. The Labute approximate surface area is 145 Å². The summed E-state index contributed by atoms with van der Waals surface area (Å²) >= 11 is 1.92. The second kappa shape index (κ2) is 5.52. The van der Waals surface area contributed by atoms with Gasteiger partial charge < -0.3 is 5.32 Å². The standard InChI is InChI=1S/C17H14F2IN3/c1-8-4-11-10(2-3-15-12(11)7-21-23-15)17(22-8)16-13(18)5-9(20)6-14(16)19/h2-3,5-8,17,22H,4H2,1H3,(H,21,23). The van der Waals surface area contributed by atoms with Gasteiger partial charge in [0, 0.05) is 20.6 Å². The lowest BCUT2D eigenvalue weighted by Crippen LogP contribution is -2.38. The van der Waals surface area contributed by atoms with Crippen LogP contribution in [0.15, 0.2) is 30.5 Å². The number of hydrogen-bond acceptors (Lipinski definition) is 2. The molecule has 2 atom stereocenters. The van der Waals surface area contributed by atoms with Gasteiger partial charge in [-0.1, -0.05) is 6.07 Å². The Kier molecular flexibility index (Phi) is 3.60. The van der Waals surface area contributed by atoms with E-state index in [1.807, 2.05) is 41.6 Å². The predicted octanol–water partition coefficient (Wildman–Crippen LogP) is 4.07. The van der Waals surface area contributed by atoms with Gasteiger partial charge in [-0.05, 0) is 65.3 Å². The van der Waals surface area contributed by atoms with Crippen molar-refractivity contribution in [2.24, 2.45) is 0 Å². The van der Waals surface area contributed by atoms with Gasteiger partial charge in [0.2, 0.25) is 0 Å². The summed E-state index contributed by atoms with van der Waals surface area (Å²) in [5.41, 5.74) is 3.04. The van der Waals surface area contributed by atoms with Gasteiger partial charge in [0.15, 0.2) is 0 Å². The molecule has 2 aromatic carbocycles. The largest absolute Gasteiger partial charge is 0.303 e. The molecule has 0 aliphatic carbocycles. The maximum Gasteiger partial charge on any atom is 0.132 e. The summed E-state index contributed by atoms with van der Waals surface area (Å²) in [4.78, 5) is 0. The third kappa shape index (κ3) is 2.44. The minimum Gasteiger partial charge on any atom is -0.303 e. The molecule has 4 rings (SSSR count). The fourth-order valence-electron chi connectivity index (χ4n) is 3.40. The van der Waals surface area contributed by atoms with Crippen LogP contribution in [0.1, 0.15) is 29.7 Å². The van der Waals surface area contributed by atoms with E-state index in [-0.39, 0.29) is 11.6 Å². The average Bonchev–Trinajstić information content (AvgIpc) is 2.94. The molecule has 0 bridgehead atoms. The molecule has 0 saturated carbocycles. The van der Waals surface area contributed by atoms with Gasteiger partial charge in [0.25, 0.3) is 0 Å². The topological polar surface area (TPSA) is 40.7 Å². The molecule has 2 heterocycles. The molecule has 0 fully saturated rings. The Morgan fingerprint density at radius 3 is 2.70 bits per heavy atom. The SMILES string of the molecule is CC1Cc2c(ccc3[nH]ncc23)C(c2c(F)cc(I)cc2F)N1. The molecule has 1 aromatic heterocycles. The van der Waals surface area contributed by atoms with Crippen LogP contribution in [-0.2, 0) is 6.42 Å². The van der Waals surface area contributed by atoms with E-state index in [9.17, 15) is 8.78 Å². The van der Waals surface area contributed by atoms with E-state index >= 15 is 0 Å². The van der Waals surface area contributed by atoms with Gasteiger partial charge in [0.05, 0.1) is 17.8 Å². The first kappa shape index (κ1) is 15.0. The number of aromatic nitrogens is 2. The minimum atomic E-state index is -0.515. The number of halogens is 3. The van der Waals surface area contributed by atoms with Crippen molar-refractivity contribution in [3.8, 4) is 0 Å². The van der Waals surface area contributed by atoms with E-state index in [1.165, 1.54) is 12.1 Å². The molecule has 0 radical (unpaired) electrons. The van der Waals surface area contributed by atoms with Crippen molar-refractivity contribution in [3.05, 3.63) is 62.4 Å². The molecule has 6 heteroatoms. The highest BCUT2D eigenvalue weighted by atomic mass is 127. The van der Waals surface area contributed by atoms with E-state index < -0.39 is 17.7 Å². The van der Waals surface area contributed by atoms with Gasteiger partial charge in [-0.2, -0.15) is 5.10 Å². The number of aromatic amines is 1. The molecule has 2 unspecified atom stereocenters. The van der Waals surface area contributed by atoms with Crippen LogP contribution in [0.4, 0.5) is 8.78 Å². The number of nitrogens with one attached hydrogen (secondary N) is 2.